The zero-order valence-electron chi connectivity index (χ0n) is 16.7. The fourth-order valence-electron chi connectivity index (χ4n) is 3.47. The number of aromatic nitrogens is 4. The Morgan fingerprint density at radius 2 is 1.97 bits per heavy atom. The number of aryl methyl sites for hydroxylation is 1. The van der Waals surface area contributed by atoms with Crippen molar-refractivity contribution in [1.29, 1.82) is 10.8 Å². The van der Waals surface area contributed by atoms with E-state index >= 15 is 0 Å². The number of anilines is 2. The maximum Gasteiger partial charge on any atom is 0.132 e. The molecule has 0 bridgehead atoms. The van der Waals surface area contributed by atoms with Crippen molar-refractivity contribution in [3.8, 4) is 11.1 Å². The van der Waals surface area contributed by atoms with Crippen LogP contribution in [0.2, 0.25) is 0 Å². The van der Waals surface area contributed by atoms with Crippen LogP contribution in [0.4, 0.5) is 11.6 Å². The summed E-state index contributed by atoms with van der Waals surface area (Å²) in [6.45, 7) is 0. The first kappa shape index (κ1) is 19.1. The molecule has 4 rings (SSSR count). The molecule has 3 N–H and O–H groups in total. The molecule has 29 heavy (non-hydrogen) atoms. The molecule has 1 fully saturated rings. The normalized spacial score (nSPS) is 13.4. The minimum Gasteiger partial charge on any atom is -0.325 e. The molecule has 7 heteroatoms. The lowest BCUT2D eigenvalue weighted by molar-refractivity contribution is 0.635. The van der Waals surface area contributed by atoms with E-state index in [1.807, 2.05) is 43.6 Å². The van der Waals surface area contributed by atoms with Gasteiger partial charge in [0, 0.05) is 31.9 Å². The van der Waals surface area contributed by atoms with E-state index in [4.69, 9.17) is 10.8 Å². The van der Waals surface area contributed by atoms with Crippen molar-refractivity contribution in [2.75, 3.05) is 5.32 Å². The quantitative estimate of drug-likeness (QED) is 0.304. The highest BCUT2D eigenvalue weighted by molar-refractivity contribution is 5.81. The summed E-state index contributed by atoms with van der Waals surface area (Å²) in [4.78, 5) is 4.37. The summed E-state index contributed by atoms with van der Waals surface area (Å²) >= 11 is 0. The van der Waals surface area contributed by atoms with Crippen LogP contribution >= 0.6 is 0 Å². The smallest absolute Gasteiger partial charge is 0.132 e. The molecule has 0 unspecified atom stereocenters. The van der Waals surface area contributed by atoms with Crippen molar-refractivity contribution < 1.29 is 0 Å². The Hall–Kier alpha value is -3.22. The lowest BCUT2D eigenvalue weighted by Crippen LogP contribution is -2.25. The third-order valence-corrected chi connectivity index (χ3v) is 5.39. The van der Waals surface area contributed by atoms with Gasteiger partial charge in [-0.25, -0.2) is 4.98 Å². The first-order valence-electron chi connectivity index (χ1n) is 10.2. The molecule has 0 aliphatic heterocycles. The monoisotopic (exact) mass is 389 g/mol. The highest BCUT2D eigenvalue weighted by Crippen LogP contribution is 2.34. The van der Waals surface area contributed by atoms with Gasteiger partial charge in [0.25, 0.3) is 0 Å². The summed E-state index contributed by atoms with van der Waals surface area (Å²) in [5.41, 5.74) is 2.23. The van der Waals surface area contributed by atoms with Gasteiger partial charge in [-0.1, -0.05) is 25.7 Å². The second-order valence-electron chi connectivity index (χ2n) is 7.70. The Balaban J connectivity index is 1.44. The number of pyridine rings is 2. The van der Waals surface area contributed by atoms with E-state index in [1.54, 1.807) is 21.6 Å². The molecule has 0 atom stereocenters. The Bertz CT molecular complexity index is 1060. The predicted octanol–water partition coefficient (Wildman–Crippen LogP) is 4.30. The summed E-state index contributed by atoms with van der Waals surface area (Å²) < 4.78 is 3.41. The first-order chi connectivity index (χ1) is 14.1. The van der Waals surface area contributed by atoms with E-state index in [-0.39, 0.29) is 0 Å². The second-order valence-corrected chi connectivity index (χ2v) is 7.70. The fraction of sp³-hybridized carbons (Fsp3) is 0.364. The number of nitrogens with one attached hydrogen (secondary N) is 3. The molecule has 0 amide bonds. The summed E-state index contributed by atoms with van der Waals surface area (Å²) in [5, 5.41) is 24.1. The van der Waals surface area contributed by atoms with Crippen molar-refractivity contribution in [2.45, 2.75) is 38.5 Å². The molecule has 1 aliphatic rings. The Labute approximate surface area is 170 Å². The van der Waals surface area contributed by atoms with Crippen molar-refractivity contribution in [3.63, 3.8) is 0 Å². The molecule has 3 aromatic heterocycles. The Morgan fingerprint density at radius 1 is 1.14 bits per heavy atom. The minimum absolute atomic E-state index is 0.327. The zero-order chi connectivity index (χ0) is 20.2. The zero-order valence-corrected chi connectivity index (χ0v) is 16.7. The van der Waals surface area contributed by atoms with Gasteiger partial charge in [0.1, 0.15) is 23.0 Å². The standard InChI is InChI=1S/C22H27N7/c1-28-22(9-12-26-28)27-21-15-17(8-11-25-21)18-10-13-29(20(24)14-18)19(23)5-3-2-4-16-6-7-16/h8-16,23-24H,2-7H2,1H3,(H,25,27). The predicted molar refractivity (Wildman–Crippen MR) is 114 cm³/mol. The molecule has 0 spiro atoms. The third-order valence-electron chi connectivity index (χ3n) is 5.39. The maximum absolute atomic E-state index is 8.37. The van der Waals surface area contributed by atoms with E-state index < -0.39 is 0 Å². The number of unbranched alkanes of at least 4 members (excludes halogenated alkanes) is 1. The molecule has 0 aromatic carbocycles. The van der Waals surface area contributed by atoms with E-state index in [2.05, 4.69) is 15.4 Å². The average molecular weight is 390 g/mol. The van der Waals surface area contributed by atoms with E-state index in [0.29, 0.717) is 11.3 Å². The van der Waals surface area contributed by atoms with Crippen LogP contribution in [0.25, 0.3) is 11.1 Å². The van der Waals surface area contributed by atoms with Crippen LogP contribution in [0.15, 0.2) is 48.9 Å². The van der Waals surface area contributed by atoms with Gasteiger partial charge in [0.15, 0.2) is 0 Å². The van der Waals surface area contributed by atoms with Crippen molar-refractivity contribution in [1.82, 2.24) is 19.3 Å². The highest BCUT2D eigenvalue weighted by atomic mass is 15.3. The number of hydrogen-bond donors (Lipinski definition) is 3. The molecule has 0 radical (unpaired) electrons. The van der Waals surface area contributed by atoms with Crippen LogP contribution in [0.1, 0.15) is 38.5 Å². The number of rotatable bonds is 8. The summed E-state index contributed by atoms with van der Waals surface area (Å²) in [5.74, 6) is 3.01. The lowest BCUT2D eigenvalue weighted by atomic mass is 10.1. The average Bonchev–Trinajstić information content (AvgIpc) is 3.47. The first-order valence-corrected chi connectivity index (χ1v) is 10.2. The van der Waals surface area contributed by atoms with E-state index in [0.717, 1.165) is 41.5 Å². The highest BCUT2D eigenvalue weighted by Gasteiger charge is 2.20. The SMILES string of the molecule is Cn1nccc1Nc1cc(-c2ccn(C(=N)CCCCC3CC3)c(=N)c2)ccn1. The van der Waals surface area contributed by atoms with Crippen LogP contribution in [0.5, 0.6) is 0 Å². The van der Waals surface area contributed by atoms with Gasteiger partial charge in [-0.3, -0.25) is 20.1 Å². The van der Waals surface area contributed by atoms with Crippen LogP contribution in [0.3, 0.4) is 0 Å². The molecular formula is C22H27N7. The van der Waals surface area contributed by atoms with Gasteiger partial charge < -0.3 is 5.32 Å². The summed E-state index contributed by atoms with van der Waals surface area (Å²) in [6.07, 6.45) is 12.3. The Kier molecular flexibility index (Phi) is 5.55. The molecule has 1 saturated carbocycles. The van der Waals surface area contributed by atoms with Crippen molar-refractivity contribution >= 4 is 17.5 Å². The third kappa shape index (κ3) is 4.80. The summed E-state index contributed by atoms with van der Waals surface area (Å²) in [7, 11) is 1.87. The molecule has 1 aliphatic carbocycles. The maximum atomic E-state index is 8.37. The van der Waals surface area contributed by atoms with E-state index in [9.17, 15) is 0 Å². The van der Waals surface area contributed by atoms with Crippen LogP contribution in [0, 0.1) is 16.7 Å². The van der Waals surface area contributed by atoms with Crippen LogP contribution in [-0.2, 0) is 7.05 Å². The molecule has 3 heterocycles. The van der Waals surface area contributed by atoms with Crippen molar-refractivity contribution in [3.05, 3.63) is 54.4 Å². The van der Waals surface area contributed by atoms with Gasteiger partial charge in [-0.2, -0.15) is 5.10 Å². The largest absolute Gasteiger partial charge is 0.325 e. The molecule has 7 nitrogen and oxygen atoms in total. The molecule has 0 saturated heterocycles. The van der Waals surface area contributed by atoms with Gasteiger partial charge in [-0.15, -0.1) is 0 Å². The van der Waals surface area contributed by atoms with Crippen LogP contribution < -0.4 is 10.8 Å². The van der Waals surface area contributed by atoms with Gasteiger partial charge in [-0.05, 0) is 47.7 Å². The van der Waals surface area contributed by atoms with Crippen LogP contribution in [-0.4, -0.2) is 25.2 Å². The fourth-order valence-corrected chi connectivity index (χ4v) is 3.47. The number of nitrogens with zero attached hydrogens (tertiary/aromatic N) is 4. The Morgan fingerprint density at radius 3 is 2.69 bits per heavy atom. The van der Waals surface area contributed by atoms with Crippen molar-refractivity contribution in [2.24, 2.45) is 13.0 Å². The molecule has 150 valence electrons. The summed E-state index contributed by atoms with van der Waals surface area (Å²) in [6, 6.07) is 9.53. The minimum atomic E-state index is 0.327. The second kappa shape index (κ2) is 8.43. The topological polar surface area (TPSA) is 95.4 Å². The van der Waals surface area contributed by atoms with Gasteiger partial charge in [0.2, 0.25) is 0 Å². The molecule has 3 aromatic rings. The van der Waals surface area contributed by atoms with Gasteiger partial charge in [0.05, 0.1) is 6.20 Å². The number of hydrogen-bond acceptors (Lipinski definition) is 5. The molecular weight excluding hydrogens is 362 g/mol. The van der Waals surface area contributed by atoms with Gasteiger partial charge >= 0.3 is 0 Å². The van der Waals surface area contributed by atoms with E-state index in [1.165, 1.54) is 25.7 Å². The lowest BCUT2D eigenvalue weighted by Gasteiger charge is -2.11.